The minimum atomic E-state index is -1.26. The molecule has 110 valence electrons. The Morgan fingerprint density at radius 1 is 1.09 bits per heavy atom. The Kier molecular flexibility index (Phi) is 3.33. The van der Waals surface area contributed by atoms with Gasteiger partial charge in [-0.05, 0) is 19.1 Å². The van der Waals surface area contributed by atoms with Crippen molar-refractivity contribution in [3.63, 3.8) is 0 Å². The molecule has 0 unspecified atom stereocenters. The summed E-state index contributed by atoms with van der Waals surface area (Å²) < 4.78 is 27.3. The highest BCUT2D eigenvalue weighted by Gasteiger charge is 2.16. The molecule has 0 aliphatic carbocycles. The summed E-state index contributed by atoms with van der Waals surface area (Å²) >= 11 is 0. The Balaban J connectivity index is 2.34. The van der Waals surface area contributed by atoms with Crippen molar-refractivity contribution in [2.75, 3.05) is 0 Å². The third-order valence-electron chi connectivity index (χ3n) is 3.41. The fraction of sp³-hybridized carbons (Fsp3) is 0.0588. The number of hydrogen-bond donors (Lipinski definition) is 1. The standard InChI is InChI=1S/C17H11F2NO2/c1-9-2-4-10(5-3-9)15-8-13(17(21)22)12-6-11(18)7-14(19)16(12)20-15/h2-8H,1H3,(H,21,22). The van der Waals surface area contributed by atoms with E-state index in [1.54, 1.807) is 12.1 Å². The van der Waals surface area contributed by atoms with Crippen molar-refractivity contribution >= 4 is 16.9 Å². The van der Waals surface area contributed by atoms with Crippen molar-refractivity contribution in [1.29, 1.82) is 0 Å². The number of nitrogens with zero attached hydrogens (tertiary/aromatic N) is 1. The van der Waals surface area contributed by atoms with E-state index in [9.17, 15) is 18.7 Å². The number of carboxylic acids is 1. The van der Waals surface area contributed by atoms with E-state index < -0.39 is 17.6 Å². The van der Waals surface area contributed by atoms with Crippen LogP contribution in [-0.4, -0.2) is 16.1 Å². The smallest absolute Gasteiger partial charge is 0.336 e. The quantitative estimate of drug-likeness (QED) is 0.772. The lowest BCUT2D eigenvalue weighted by Crippen LogP contribution is -2.02. The van der Waals surface area contributed by atoms with Crippen LogP contribution in [0, 0.1) is 18.6 Å². The molecule has 1 N–H and O–H groups in total. The first-order valence-electron chi connectivity index (χ1n) is 6.56. The van der Waals surface area contributed by atoms with Crippen molar-refractivity contribution in [2.24, 2.45) is 0 Å². The molecular formula is C17H11F2NO2. The molecule has 0 atom stereocenters. The van der Waals surface area contributed by atoms with Gasteiger partial charge in [-0.3, -0.25) is 0 Å². The van der Waals surface area contributed by atoms with Gasteiger partial charge in [-0.2, -0.15) is 0 Å². The second kappa shape index (κ2) is 5.18. The Bertz CT molecular complexity index is 889. The van der Waals surface area contributed by atoms with E-state index in [1.165, 1.54) is 6.07 Å². The fourth-order valence-corrected chi connectivity index (χ4v) is 2.30. The van der Waals surface area contributed by atoms with Crippen LogP contribution in [0.2, 0.25) is 0 Å². The molecule has 1 heterocycles. The van der Waals surface area contributed by atoms with Gasteiger partial charge in [-0.25, -0.2) is 18.6 Å². The lowest BCUT2D eigenvalue weighted by molar-refractivity contribution is 0.0699. The maximum Gasteiger partial charge on any atom is 0.336 e. The predicted molar refractivity (Wildman–Crippen MR) is 78.8 cm³/mol. The molecular weight excluding hydrogens is 288 g/mol. The van der Waals surface area contributed by atoms with Crippen LogP contribution in [0.15, 0.2) is 42.5 Å². The average Bonchev–Trinajstić information content (AvgIpc) is 2.47. The van der Waals surface area contributed by atoms with E-state index >= 15 is 0 Å². The number of aromatic nitrogens is 1. The molecule has 0 radical (unpaired) electrons. The molecule has 0 amide bonds. The van der Waals surface area contributed by atoms with Crippen LogP contribution in [0.4, 0.5) is 8.78 Å². The second-order valence-electron chi connectivity index (χ2n) is 5.01. The molecule has 3 rings (SSSR count). The maximum absolute atomic E-state index is 14.0. The highest BCUT2D eigenvalue weighted by molar-refractivity contribution is 6.03. The summed E-state index contributed by atoms with van der Waals surface area (Å²) in [7, 11) is 0. The van der Waals surface area contributed by atoms with Crippen molar-refractivity contribution in [3.05, 3.63) is 65.2 Å². The monoisotopic (exact) mass is 299 g/mol. The molecule has 1 aromatic heterocycles. The number of hydrogen-bond acceptors (Lipinski definition) is 2. The number of pyridine rings is 1. The molecule has 5 heteroatoms. The van der Waals surface area contributed by atoms with Crippen LogP contribution in [0.25, 0.3) is 22.2 Å². The van der Waals surface area contributed by atoms with Crippen molar-refractivity contribution in [3.8, 4) is 11.3 Å². The van der Waals surface area contributed by atoms with Gasteiger partial charge in [0.15, 0.2) is 5.82 Å². The van der Waals surface area contributed by atoms with E-state index in [2.05, 4.69) is 4.98 Å². The zero-order chi connectivity index (χ0) is 15.9. The van der Waals surface area contributed by atoms with Crippen molar-refractivity contribution in [2.45, 2.75) is 6.92 Å². The van der Waals surface area contributed by atoms with E-state index in [1.807, 2.05) is 19.1 Å². The van der Waals surface area contributed by atoms with Crippen LogP contribution in [-0.2, 0) is 0 Å². The van der Waals surface area contributed by atoms with Crippen LogP contribution in [0.5, 0.6) is 0 Å². The largest absolute Gasteiger partial charge is 0.478 e. The molecule has 0 bridgehead atoms. The molecule has 0 saturated heterocycles. The van der Waals surface area contributed by atoms with Gasteiger partial charge in [-0.1, -0.05) is 29.8 Å². The number of rotatable bonds is 2. The van der Waals surface area contributed by atoms with Gasteiger partial charge in [0.05, 0.1) is 11.3 Å². The topological polar surface area (TPSA) is 50.2 Å². The maximum atomic E-state index is 14.0. The number of aryl methyl sites for hydroxylation is 1. The first-order valence-corrected chi connectivity index (χ1v) is 6.56. The lowest BCUT2D eigenvalue weighted by Gasteiger charge is -2.08. The SMILES string of the molecule is Cc1ccc(-c2cc(C(=O)O)c3cc(F)cc(F)c3n2)cc1. The van der Waals surface area contributed by atoms with Gasteiger partial charge in [-0.15, -0.1) is 0 Å². The van der Waals surface area contributed by atoms with E-state index in [0.29, 0.717) is 17.3 Å². The van der Waals surface area contributed by atoms with E-state index in [-0.39, 0.29) is 16.5 Å². The number of carbonyl (C=O) groups is 1. The summed E-state index contributed by atoms with van der Waals surface area (Å²) in [6.45, 7) is 1.92. The Labute approximate surface area is 124 Å². The van der Waals surface area contributed by atoms with Gasteiger partial charge >= 0.3 is 5.97 Å². The molecule has 2 aromatic carbocycles. The fourth-order valence-electron chi connectivity index (χ4n) is 2.30. The molecule has 0 aliphatic rings. The molecule has 0 spiro atoms. The summed E-state index contributed by atoms with van der Waals surface area (Å²) in [5.41, 5.74) is 1.70. The van der Waals surface area contributed by atoms with E-state index in [4.69, 9.17) is 0 Å². The summed E-state index contributed by atoms with van der Waals surface area (Å²) in [5.74, 6) is -2.98. The summed E-state index contributed by atoms with van der Waals surface area (Å²) in [5, 5.41) is 9.25. The highest BCUT2D eigenvalue weighted by atomic mass is 19.1. The number of fused-ring (bicyclic) bond motifs is 1. The average molecular weight is 299 g/mol. The summed E-state index contributed by atoms with van der Waals surface area (Å²) in [6, 6.07) is 10.3. The number of aromatic carboxylic acids is 1. The molecule has 0 saturated carbocycles. The Hall–Kier alpha value is -2.82. The Morgan fingerprint density at radius 3 is 2.41 bits per heavy atom. The zero-order valence-corrected chi connectivity index (χ0v) is 11.6. The first kappa shape index (κ1) is 14.1. The van der Waals surface area contributed by atoms with Crippen molar-refractivity contribution in [1.82, 2.24) is 4.98 Å². The third-order valence-corrected chi connectivity index (χ3v) is 3.41. The zero-order valence-electron chi connectivity index (χ0n) is 11.6. The second-order valence-corrected chi connectivity index (χ2v) is 5.01. The molecule has 3 aromatic rings. The molecule has 3 nitrogen and oxygen atoms in total. The summed E-state index contributed by atoms with van der Waals surface area (Å²) in [4.78, 5) is 15.6. The van der Waals surface area contributed by atoms with Gasteiger partial charge in [0.1, 0.15) is 11.3 Å². The third kappa shape index (κ3) is 2.41. The van der Waals surface area contributed by atoms with Crippen molar-refractivity contribution < 1.29 is 18.7 Å². The number of benzene rings is 2. The predicted octanol–water partition coefficient (Wildman–Crippen LogP) is 4.19. The van der Waals surface area contributed by atoms with E-state index in [0.717, 1.165) is 11.6 Å². The van der Waals surface area contributed by atoms with Crippen LogP contribution in [0.3, 0.4) is 0 Å². The molecule has 0 aliphatic heterocycles. The van der Waals surface area contributed by atoms with Crippen LogP contribution in [0.1, 0.15) is 15.9 Å². The van der Waals surface area contributed by atoms with Crippen LogP contribution < -0.4 is 0 Å². The number of halogens is 2. The minimum absolute atomic E-state index is 0.0548. The first-order chi connectivity index (χ1) is 10.5. The summed E-state index contributed by atoms with van der Waals surface area (Å²) in [6.07, 6.45) is 0. The van der Waals surface area contributed by atoms with Gasteiger partial charge in [0, 0.05) is 17.0 Å². The minimum Gasteiger partial charge on any atom is -0.478 e. The van der Waals surface area contributed by atoms with Gasteiger partial charge < -0.3 is 5.11 Å². The molecule has 22 heavy (non-hydrogen) atoms. The van der Waals surface area contributed by atoms with Crippen LogP contribution >= 0.6 is 0 Å². The van der Waals surface area contributed by atoms with Gasteiger partial charge in [0.2, 0.25) is 0 Å². The lowest BCUT2D eigenvalue weighted by atomic mass is 10.0. The number of carboxylic acid groups (broad SMARTS) is 1. The Morgan fingerprint density at radius 2 is 1.77 bits per heavy atom. The highest BCUT2D eigenvalue weighted by Crippen LogP contribution is 2.27. The normalized spacial score (nSPS) is 10.9. The molecule has 0 fully saturated rings. The van der Waals surface area contributed by atoms with Gasteiger partial charge in [0.25, 0.3) is 0 Å².